The van der Waals surface area contributed by atoms with Gasteiger partial charge in [-0.1, -0.05) is 19.1 Å². The Hall–Kier alpha value is -3.11. The number of hydrogen-bond donors (Lipinski definition) is 1. The normalized spacial score (nSPS) is 13.3. The van der Waals surface area contributed by atoms with Gasteiger partial charge in [-0.15, -0.1) is 35.1 Å². The van der Waals surface area contributed by atoms with Crippen molar-refractivity contribution in [3.05, 3.63) is 58.5 Å². The van der Waals surface area contributed by atoms with E-state index in [0.29, 0.717) is 17.2 Å². The number of nitrogens with zero attached hydrogens (tertiary/aromatic N) is 2. The molecule has 1 aliphatic rings. The second-order valence-corrected chi connectivity index (χ2v) is 10.7. The van der Waals surface area contributed by atoms with E-state index in [4.69, 9.17) is 19.2 Å². The monoisotopic (exact) mass is 571 g/mol. The fourth-order valence-electron chi connectivity index (χ4n) is 4.54. The number of ether oxygens (including phenoxy) is 3. The number of thiazole rings is 1. The van der Waals surface area contributed by atoms with Gasteiger partial charge in [0.15, 0.2) is 11.5 Å². The molecule has 1 N–H and O–H groups in total. The minimum atomic E-state index is -0.206. The fraction of sp³-hybridized carbons (Fsp3) is 0.286. The molecule has 0 fully saturated rings. The Morgan fingerprint density at radius 1 is 1.11 bits per heavy atom. The Bertz CT molecular complexity index is 1420. The highest BCUT2D eigenvalue weighted by atomic mass is 35.5. The first-order valence-corrected chi connectivity index (χ1v) is 13.7. The SMILES string of the molecule is CCN1CCc2c(sc(NC(=O)/C=C/c3cc(OC)c(OC)c(OC)c3)c2-c2nc3ccccc3s2)C1.Cl. The molecule has 1 aliphatic heterocycles. The molecule has 5 rings (SSSR count). The number of amides is 1. The van der Waals surface area contributed by atoms with Gasteiger partial charge in [0.2, 0.25) is 11.7 Å². The van der Waals surface area contributed by atoms with Crippen LogP contribution in [0.1, 0.15) is 22.9 Å². The van der Waals surface area contributed by atoms with Crippen LogP contribution < -0.4 is 19.5 Å². The van der Waals surface area contributed by atoms with Crippen molar-refractivity contribution in [2.75, 3.05) is 39.7 Å². The first-order chi connectivity index (χ1) is 18.0. The predicted molar refractivity (Wildman–Crippen MR) is 159 cm³/mol. The lowest BCUT2D eigenvalue weighted by molar-refractivity contribution is -0.111. The minimum absolute atomic E-state index is 0. The Balaban J connectivity index is 0.00000336. The van der Waals surface area contributed by atoms with E-state index in [2.05, 4.69) is 23.2 Å². The summed E-state index contributed by atoms with van der Waals surface area (Å²) in [6.07, 6.45) is 4.21. The summed E-state index contributed by atoms with van der Waals surface area (Å²) >= 11 is 3.33. The number of para-hydroxylation sites is 1. The van der Waals surface area contributed by atoms with Crippen LogP contribution in [0.3, 0.4) is 0 Å². The van der Waals surface area contributed by atoms with Gasteiger partial charge in [-0.3, -0.25) is 9.69 Å². The van der Waals surface area contributed by atoms with Gasteiger partial charge >= 0.3 is 0 Å². The van der Waals surface area contributed by atoms with Crippen LogP contribution in [0, 0.1) is 0 Å². The Kier molecular flexibility index (Phi) is 8.94. The summed E-state index contributed by atoms with van der Waals surface area (Å²) in [6, 6.07) is 11.8. The highest BCUT2D eigenvalue weighted by molar-refractivity contribution is 7.23. The van der Waals surface area contributed by atoms with Crippen molar-refractivity contribution in [1.29, 1.82) is 0 Å². The van der Waals surface area contributed by atoms with Crippen molar-refractivity contribution >= 4 is 62.3 Å². The lowest BCUT2D eigenvalue weighted by Crippen LogP contribution is -2.29. The summed E-state index contributed by atoms with van der Waals surface area (Å²) < 4.78 is 17.4. The Morgan fingerprint density at radius 2 is 1.84 bits per heavy atom. The molecule has 10 heteroatoms. The number of carbonyl (C=O) groups is 1. The largest absolute Gasteiger partial charge is 0.493 e. The van der Waals surface area contributed by atoms with Gasteiger partial charge < -0.3 is 19.5 Å². The molecule has 7 nitrogen and oxygen atoms in total. The molecule has 0 radical (unpaired) electrons. The third-order valence-electron chi connectivity index (χ3n) is 6.44. The van der Waals surface area contributed by atoms with Gasteiger partial charge in [0.05, 0.1) is 31.5 Å². The van der Waals surface area contributed by atoms with Gasteiger partial charge in [0, 0.05) is 29.6 Å². The highest BCUT2D eigenvalue weighted by Gasteiger charge is 2.27. The summed E-state index contributed by atoms with van der Waals surface area (Å²) in [7, 11) is 4.70. The number of halogens is 1. The first-order valence-electron chi connectivity index (χ1n) is 12.1. The van der Waals surface area contributed by atoms with Crippen molar-refractivity contribution < 1.29 is 19.0 Å². The van der Waals surface area contributed by atoms with E-state index in [1.807, 2.05) is 18.2 Å². The number of rotatable bonds is 8. The summed E-state index contributed by atoms with van der Waals surface area (Å²) in [5.41, 5.74) is 4.11. The molecule has 0 saturated heterocycles. The zero-order valence-electron chi connectivity index (χ0n) is 21.7. The number of likely N-dealkylation sites (N-methyl/N-ethyl adjacent to an activating group) is 1. The lowest BCUT2D eigenvalue weighted by atomic mass is 10.0. The first kappa shape index (κ1) is 27.9. The van der Waals surface area contributed by atoms with E-state index in [0.717, 1.165) is 57.4 Å². The third kappa shape index (κ3) is 5.51. The average Bonchev–Trinajstić information content (AvgIpc) is 3.51. The predicted octanol–water partition coefficient (Wildman–Crippen LogP) is 6.50. The maximum atomic E-state index is 13.1. The Morgan fingerprint density at radius 3 is 2.50 bits per heavy atom. The number of fused-ring (bicyclic) bond motifs is 2. The van der Waals surface area contributed by atoms with Gasteiger partial charge in [-0.2, -0.15) is 0 Å². The lowest BCUT2D eigenvalue weighted by Gasteiger charge is -2.25. The highest BCUT2D eigenvalue weighted by Crippen LogP contribution is 2.45. The molecule has 1 amide bonds. The summed E-state index contributed by atoms with van der Waals surface area (Å²) in [6.45, 7) is 5.09. The average molecular weight is 572 g/mol. The van der Waals surface area contributed by atoms with Crippen LogP contribution in [-0.4, -0.2) is 50.2 Å². The smallest absolute Gasteiger partial charge is 0.249 e. The van der Waals surface area contributed by atoms with Gasteiger partial charge in [-0.05, 0) is 54.4 Å². The zero-order chi connectivity index (χ0) is 25.9. The standard InChI is InChI=1S/C28H29N3O4S2.ClH/c1-5-31-13-12-18-23(16-31)37-28(25(18)27-29-19-8-6-7-9-22(19)36-27)30-24(32)11-10-17-14-20(33-2)26(35-4)21(15-17)34-3;/h6-11,14-15H,5,12-13,16H2,1-4H3,(H,30,32);1H/b11-10+;. The maximum absolute atomic E-state index is 13.1. The molecule has 38 heavy (non-hydrogen) atoms. The molecule has 0 unspecified atom stereocenters. The Labute approximate surface area is 236 Å². The van der Waals surface area contributed by atoms with Gasteiger partial charge in [0.25, 0.3) is 0 Å². The van der Waals surface area contributed by atoms with Gasteiger partial charge in [0.1, 0.15) is 10.0 Å². The van der Waals surface area contributed by atoms with Crippen molar-refractivity contribution in [1.82, 2.24) is 9.88 Å². The van der Waals surface area contributed by atoms with E-state index in [1.165, 1.54) is 16.5 Å². The van der Waals surface area contributed by atoms with Crippen LogP contribution in [0.5, 0.6) is 17.2 Å². The quantitative estimate of drug-likeness (QED) is 0.243. The van der Waals surface area contributed by atoms with Crippen LogP contribution in [-0.2, 0) is 17.8 Å². The number of anilines is 1. The molecule has 0 bridgehead atoms. The molecule has 3 heterocycles. The van der Waals surface area contributed by atoms with Crippen LogP contribution in [0.4, 0.5) is 5.00 Å². The molecular weight excluding hydrogens is 542 g/mol. The van der Waals surface area contributed by atoms with Crippen molar-refractivity contribution in [2.45, 2.75) is 19.9 Å². The molecule has 4 aromatic rings. The molecule has 200 valence electrons. The van der Waals surface area contributed by atoms with E-state index >= 15 is 0 Å². The second kappa shape index (κ2) is 12.2. The number of carbonyl (C=O) groups excluding carboxylic acids is 1. The zero-order valence-corrected chi connectivity index (χ0v) is 24.1. The van der Waals surface area contributed by atoms with Crippen molar-refractivity contribution in [3.63, 3.8) is 0 Å². The molecule has 2 aromatic carbocycles. The number of benzene rings is 2. The van der Waals surface area contributed by atoms with Crippen LogP contribution >= 0.6 is 35.1 Å². The molecule has 0 spiro atoms. The maximum Gasteiger partial charge on any atom is 0.249 e. The number of methoxy groups -OCH3 is 3. The fourth-order valence-corrected chi connectivity index (χ4v) is 6.95. The van der Waals surface area contributed by atoms with Crippen molar-refractivity contribution in [3.8, 4) is 27.8 Å². The molecule has 0 saturated carbocycles. The number of aromatic nitrogens is 1. The molecular formula is C28H30ClN3O4S2. The minimum Gasteiger partial charge on any atom is -0.493 e. The van der Waals surface area contributed by atoms with Crippen molar-refractivity contribution in [2.24, 2.45) is 0 Å². The van der Waals surface area contributed by atoms with E-state index in [9.17, 15) is 4.79 Å². The second-order valence-electron chi connectivity index (χ2n) is 8.59. The van der Waals surface area contributed by atoms with E-state index in [-0.39, 0.29) is 18.3 Å². The number of nitrogens with one attached hydrogen (secondary N) is 1. The van der Waals surface area contributed by atoms with Gasteiger partial charge in [-0.25, -0.2) is 4.98 Å². The molecule has 0 aliphatic carbocycles. The summed E-state index contributed by atoms with van der Waals surface area (Å²) in [4.78, 5) is 21.7. The summed E-state index contributed by atoms with van der Waals surface area (Å²) in [5.74, 6) is 1.37. The van der Waals surface area contributed by atoms with E-state index in [1.54, 1.807) is 62.2 Å². The number of thiophene rings is 1. The van der Waals surface area contributed by atoms with Crippen LogP contribution in [0.15, 0.2) is 42.5 Å². The molecule has 0 atom stereocenters. The number of hydrogen-bond acceptors (Lipinski definition) is 8. The van der Waals surface area contributed by atoms with E-state index < -0.39 is 0 Å². The summed E-state index contributed by atoms with van der Waals surface area (Å²) in [5, 5.41) is 4.95. The van der Waals surface area contributed by atoms with Crippen LogP contribution in [0.25, 0.3) is 26.9 Å². The third-order valence-corrected chi connectivity index (χ3v) is 8.63. The van der Waals surface area contributed by atoms with Crippen LogP contribution in [0.2, 0.25) is 0 Å². The topological polar surface area (TPSA) is 72.9 Å². The molecule has 2 aromatic heterocycles.